The summed E-state index contributed by atoms with van der Waals surface area (Å²) in [5.41, 5.74) is 5.26. The maximum atomic E-state index is 10.2. The van der Waals surface area contributed by atoms with Gasteiger partial charge in [0.1, 0.15) is 6.54 Å². The molecule has 2 N–H and O–H groups in total. The van der Waals surface area contributed by atoms with Gasteiger partial charge in [-0.25, -0.2) is 4.63 Å². The highest BCUT2D eigenvalue weighted by Gasteiger charge is 2.11. The van der Waals surface area contributed by atoms with Gasteiger partial charge in [0.25, 0.3) is 5.82 Å². The largest absolute Gasteiger partial charge is 0.378 e. The second-order valence-electron chi connectivity index (χ2n) is 2.53. The summed E-state index contributed by atoms with van der Waals surface area (Å²) in [6, 6.07) is -0.792. The number of rotatable bonds is 4. The number of hydrogen-bond donors (Lipinski definition) is 1. The van der Waals surface area contributed by atoms with Gasteiger partial charge in [0.05, 0.1) is 0 Å². The molecule has 0 amide bonds. The van der Waals surface area contributed by atoms with E-state index in [0.717, 1.165) is 0 Å². The van der Waals surface area contributed by atoms with E-state index in [9.17, 15) is 10.1 Å². The number of nitrogens with zero attached hydrogens (tertiary/aromatic N) is 5. The van der Waals surface area contributed by atoms with Crippen molar-refractivity contribution in [3.63, 3.8) is 0 Å². The SMILES string of the molecule is CC(CN=Nc1nonc1N)[N+](=O)[O-]. The average molecular weight is 200 g/mol. The van der Waals surface area contributed by atoms with Gasteiger partial charge in [-0.05, 0) is 10.3 Å². The zero-order chi connectivity index (χ0) is 10.6. The third kappa shape index (κ3) is 2.47. The third-order valence-corrected chi connectivity index (χ3v) is 1.37. The molecule has 1 heterocycles. The van der Waals surface area contributed by atoms with Gasteiger partial charge < -0.3 is 5.73 Å². The highest BCUT2D eigenvalue weighted by molar-refractivity contribution is 5.47. The van der Waals surface area contributed by atoms with Crippen LogP contribution in [0.1, 0.15) is 6.92 Å². The molecule has 0 fully saturated rings. The minimum absolute atomic E-state index is 0.00232. The fraction of sp³-hybridized carbons (Fsp3) is 0.600. The van der Waals surface area contributed by atoms with Gasteiger partial charge in [-0.3, -0.25) is 10.1 Å². The predicted octanol–water partition coefficient (Wildman–Crippen LogP) is 0.401. The van der Waals surface area contributed by atoms with E-state index in [1.807, 2.05) is 0 Å². The molecule has 0 bridgehead atoms. The van der Waals surface area contributed by atoms with Gasteiger partial charge in [-0.1, -0.05) is 0 Å². The number of aromatic nitrogens is 2. The van der Waals surface area contributed by atoms with Crippen LogP contribution in [0.4, 0.5) is 11.6 Å². The lowest BCUT2D eigenvalue weighted by Gasteiger charge is -1.95. The Morgan fingerprint density at radius 3 is 2.93 bits per heavy atom. The molecule has 0 aliphatic carbocycles. The van der Waals surface area contributed by atoms with Crippen LogP contribution in [0.5, 0.6) is 0 Å². The van der Waals surface area contributed by atoms with Crippen LogP contribution < -0.4 is 5.73 Å². The number of anilines is 1. The summed E-state index contributed by atoms with van der Waals surface area (Å²) in [6.07, 6.45) is 0. The summed E-state index contributed by atoms with van der Waals surface area (Å²) < 4.78 is 4.24. The van der Waals surface area contributed by atoms with Crippen LogP contribution in [0.3, 0.4) is 0 Å². The molecule has 1 aromatic heterocycles. The Labute approximate surface area is 78.1 Å². The Morgan fingerprint density at radius 1 is 1.71 bits per heavy atom. The van der Waals surface area contributed by atoms with Crippen molar-refractivity contribution >= 4 is 11.6 Å². The molecule has 1 unspecified atom stereocenters. The van der Waals surface area contributed by atoms with Crippen LogP contribution >= 0.6 is 0 Å². The molecule has 76 valence electrons. The maximum Gasteiger partial charge on any atom is 0.261 e. The molecule has 0 radical (unpaired) electrons. The van der Waals surface area contributed by atoms with E-state index in [2.05, 4.69) is 25.2 Å². The topological polar surface area (TPSA) is 133 Å². The fourth-order valence-corrected chi connectivity index (χ4v) is 0.553. The number of azo groups is 1. The molecule has 1 aromatic rings. The molecule has 0 aliphatic heterocycles. The number of nitrogens with two attached hydrogens (primary N) is 1. The van der Waals surface area contributed by atoms with Crippen LogP contribution in [0.2, 0.25) is 0 Å². The molecule has 1 rings (SSSR count). The van der Waals surface area contributed by atoms with Crippen molar-refractivity contribution in [3.8, 4) is 0 Å². The Morgan fingerprint density at radius 2 is 2.43 bits per heavy atom. The molecular weight excluding hydrogens is 192 g/mol. The molecule has 0 saturated carbocycles. The van der Waals surface area contributed by atoms with Gasteiger partial charge in [0.2, 0.25) is 11.9 Å². The first-order valence-corrected chi connectivity index (χ1v) is 3.70. The monoisotopic (exact) mass is 200 g/mol. The van der Waals surface area contributed by atoms with Crippen LogP contribution in [0.25, 0.3) is 0 Å². The van der Waals surface area contributed by atoms with Gasteiger partial charge in [-0.15, -0.1) is 5.11 Å². The smallest absolute Gasteiger partial charge is 0.261 e. The molecule has 0 spiro atoms. The highest BCUT2D eigenvalue weighted by atomic mass is 16.6. The van der Waals surface area contributed by atoms with Crippen molar-refractivity contribution in [2.24, 2.45) is 10.2 Å². The van der Waals surface area contributed by atoms with E-state index >= 15 is 0 Å². The molecule has 9 nitrogen and oxygen atoms in total. The second-order valence-corrected chi connectivity index (χ2v) is 2.53. The lowest BCUT2D eigenvalue weighted by molar-refractivity contribution is -0.514. The molecular formula is C5H8N6O3. The first-order chi connectivity index (χ1) is 6.61. The summed E-state index contributed by atoms with van der Waals surface area (Å²) in [5.74, 6) is 0.0306. The van der Waals surface area contributed by atoms with Gasteiger partial charge in [0.15, 0.2) is 0 Å². The minimum Gasteiger partial charge on any atom is -0.378 e. The summed E-state index contributed by atoms with van der Waals surface area (Å²) in [7, 11) is 0. The second kappa shape index (κ2) is 4.25. The number of nitrogen functional groups attached to an aromatic ring is 1. The average Bonchev–Trinajstić information content (AvgIpc) is 2.51. The molecule has 0 saturated heterocycles. The summed E-state index contributed by atoms with van der Waals surface area (Å²) in [4.78, 5) is 9.74. The third-order valence-electron chi connectivity index (χ3n) is 1.37. The quantitative estimate of drug-likeness (QED) is 0.424. The Bertz CT molecular complexity index is 347. The van der Waals surface area contributed by atoms with Gasteiger partial charge in [-0.2, -0.15) is 5.11 Å². The Balaban J connectivity index is 2.50. The molecule has 0 aromatic carbocycles. The van der Waals surface area contributed by atoms with Crippen molar-refractivity contribution in [1.29, 1.82) is 0 Å². The van der Waals surface area contributed by atoms with Crippen LogP contribution in [0.15, 0.2) is 14.9 Å². The van der Waals surface area contributed by atoms with Gasteiger partial charge in [0, 0.05) is 11.8 Å². The molecule has 1 atom stereocenters. The lowest BCUT2D eigenvalue weighted by Crippen LogP contribution is -2.17. The van der Waals surface area contributed by atoms with E-state index in [4.69, 9.17) is 5.73 Å². The maximum absolute atomic E-state index is 10.2. The van der Waals surface area contributed by atoms with E-state index < -0.39 is 11.0 Å². The lowest BCUT2D eigenvalue weighted by atomic mass is 10.4. The summed E-state index contributed by atoms with van der Waals surface area (Å²) in [6.45, 7) is 1.38. The van der Waals surface area contributed by atoms with Crippen LogP contribution in [0, 0.1) is 10.1 Å². The molecule has 9 heteroatoms. The zero-order valence-electron chi connectivity index (χ0n) is 7.32. The molecule has 0 aliphatic rings. The van der Waals surface area contributed by atoms with E-state index in [0.29, 0.717) is 0 Å². The summed E-state index contributed by atoms with van der Waals surface area (Å²) >= 11 is 0. The Kier molecular flexibility index (Phi) is 3.05. The van der Waals surface area contributed by atoms with E-state index in [1.54, 1.807) is 0 Å². The van der Waals surface area contributed by atoms with Crippen molar-refractivity contribution in [1.82, 2.24) is 10.3 Å². The summed E-state index contributed by atoms with van der Waals surface area (Å²) in [5, 5.41) is 23.8. The van der Waals surface area contributed by atoms with Crippen molar-refractivity contribution in [2.75, 3.05) is 12.3 Å². The van der Waals surface area contributed by atoms with Crippen LogP contribution in [-0.4, -0.2) is 27.8 Å². The highest BCUT2D eigenvalue weighted by Crippen LogP contribution is 2.15. The van der Waals surface area contributed by atoms with Gasteiger partial charge >= 0.3 is 0 Å². The standard InChI is InChI=1S/C5H8N6O3/c1-3(11(12)13)2-7-8-5-4(6)9-14-10-5/h3H,2H2,1H3,(H2,6,9). The normalized spacial score (nSPS) is 13.2. The van der Waals surface area contributed by atoms with Crippen molar-refractivity contribution in [3.05, 3.63) is 10.1 Å². The predicted molar refractivity (Wildman–Crippen MR) is 44.5 cm³/mol. The number of nitro groups is 1. The van der Waals surface area contributed by atoms with Crippen molar-refractivity contribution < 1.29 is 9.55 Å². The number of hydrogen-bond acceptors (Lipinski definition) is 8. The molecule has 14 heavy (non-hydrogen) atoms. The first kappa shape index (κ1) is 10.0. The van der Waals surface area contributed by atoms with Crippen molar-refractivity contribution in [2.45, 2.75) is 13.0 Å². The Hall–Kier alpha value is -2.06. The zero-order valence-corrected chi connectivity index (χ0v) is 7.32. The van der Waals surface area contributed by atoms with E-state index in [-0.39, 0.29) is 18.2 Å². The van der Waals surface area contributed by atoms with Crippen LogP contribution in [-0.2, 0) is 0 Å². The minimum atomic E-state index is -0.792. The fourth-order valence-electron chi connectivity index (χ4n) is 0.553. The van der Waals surface area contributed by atoms with E-state index in [1.165, 1.54) is 6.92 Å². The first-order valence-electron chi connectivity index (χ1n) is 3.70.